The average Bonchev–Trinajstić information content (AvgIpc) is 2.89. The highest BCUT2D eigenvalue weighted by atomic mass is 16.1. The normalized spacial score (nSPS) is 16.7. The number of carbonyl (C=O) groups excluding carboxylic acids is 1. The third-order valence-electron chi connectivity index (χ3n) is 6.78. The highest BCUT2D eigenvalue weighted by Crippen LogP contribution is 2.32. The Kier molecular flexibility index (Phi) is 7.23. The number of hydrogen-bond donors (Lipinski definition) is 3. The number of rotatable bonds is 6. The molecule has 2 aliphatic rings. The second-order valence-electron chi connectivity index (χ2n) is 9.51. The number of aromatic nitrogens is 2. The van der Waals surface area contributed by atoms with E-state index in [4.69, 9.17) is 4.98 Å². The zero-order valence-electron chi connectivity index (χ0n) is 20.4. The molecule has 2 fully saturated rings. The van der Waals surface area contributed by atoms with Gasteiger partial charge < -0.3 is 20.9 Å². The Balaban J connectivity index is 1.50. The number of nitrogens with zero attached hydrogens (tertiary/aromatic N) is 3. The van der Waals surface area contributed by atoms with Crippen molar-refractivity contribution < 1.29 is 4.79 Å². The lowest BCUT2D eigenvalue weighted by Gasteiger charge is -2.29. The molecule has 0 bridgehead atoms. The van der Waals surface area contributed by atoms with Gasteiger partial charge in [-0.3, -0.25) is 4.79 Å². The second-order valence-corrected chi connectivity index (χ2v) is 9.51. The molecular formula is C28H34N6O. The van der Waals surface area contributed by atoms with Crippen LogP contribution in [-0.4, -0.2) is 48.1 Å². The summed E-state index contributed by atoms with van der Waals surface area (Å²) in [4.78, 5) is 23.6. The van der Waals surface area contributed by atoms with E-state index in [9.17, 15) is 4.79 Å². The number of piperazine rings is 1. The fourth-order valence-corrected chi connectivity index (χ4v) is 4.99. The minimum absolute atomic E-state index is 0.0751. The summed E-state index contributed by atoms with van der Waals surface area (Å²) in [5.41, 5.74) is 4.89. The molecule has 0 atom stereocenters. The van der Waals surface area contributed by atoms with E-state index in [1.807, 2.05) is 30.5 Å². The second kappa shape index (κ2) is 10.9. The fourth-order valence-electron chi connectivity index (χ4n) is 4.99. The number of amides is 1. The van der Waals surface area contributed by atoms with Gasteiger partial charge in [0.2, 0.25) is 5.91 Å². The minimum Gasteiger partial charge on any atom is -0.367 e. The maximum absolute atomic E-state index is 11.6. The first-order valence-corrected chi connectivity index (χ1v) is 12.7. The van der Waals surface area contributed by atoms with Gasteiger partial charge in [0.15, 0.2) is 0 Å². The van der Waals surface area contributed by atoms with E-state index < -0.39 is 0 Å². The lowest BCUT2D eigenvalue weighted by molar-refractivity contribution is -0.114. The van der Waals surface area contributed by atoms with E-state index in [2.05, 4.69) is 50.1 Å². The molecule has 1 aromatic carbocycles. The molecule has 7 nitrogen and oxygen atoms in total. The third kappa shape index (κ3) is 5.98. The van der Waals surface area contributed by atoms with Crippen molar-refractivity contribution in [3.8, 4) is 22.4 Å². The van der Waals surface area contributed by atoms with Gasteiger partial charge in [-0.2, -0.15) is 0 Å². The molecular weight excluding hydrogens is 436 g/mol. The Hall–Kier alpha value is -3.45. The molecule has 3 aromatic rings. The van der Waals surface area contributed by atoms with Crippen LogP contribution in [0.5, 0.6) is 0 Å². The maximum Gasteiger partial charge on any atom is 0.221 e. The first-order valence-electron chi connectivity index (χ1n) is 12.7. The van der Waals surface area contributed by atoms with E-state index in [0.29, 0.717) is 6.04 Å². The van der Waals surface area contributed by atoms with Crippen LogP contribution in [0, 0.1) is 0 Å². The standard InChI is InChI=1S/C28H34N6O/c1-20(35)31-25-9-5-6-21(16-25)23-17-26(33-28(19-23)34-14-12-29-13-15-34)22-10-11-30-27(18-22)32-24-7-3-2-4-8-24/h5-6,9-11,16-19,24,29H,2-4,7-8,12-15H2,1H3,(H,30,32)(H,31,35). The summed E-state index contributed by atoms with van der Waals surface area (Å²) in [5, 5.41) is 9.96. The van der Waals surface area contributed by atoms with Crippen LogP contribution in [0.2, 0.25) is 0 Å². The Morgan fingerprint density at radius 1 is 0.971 bits per heavy atom. The molecule has 1 saturated carbocycles. The first-order chi connectivity index (χ1) is 17.1. The number of anilines is 3. The summed E-state index contributed by atoms with van der Waals surface area (Å²) >= 11 is 0. The highest BCUT2D eigenvalue weighted by Gasteiger charge is 2.17. The van der Waals surface area contributed by atoms with Crippen LogP contribution >= 0.6 is 0 Å². The molecule has 1 aliphatic heterocycles. The van der Waals surface area contributed by atoms with Crippen LogP contribution in [0.1, 0.15) is 39.0 Å². The molecule has 2 aromatic heterocycles. The van der Waals surface area contributed by atoms with E-state index in [-0.39, 0.29) is 5.91 Å². The van der Waals surface area contributed by atoms with Crippen LogP contribution < -0.4 is 20.9 Å². The van der Waals surface area contributed by atoms with Crippen molar-refractivity contribution in [3.63, 3.8) is 0 Å². The van der Waals surface area contributed by atoms with Crippen LogP contribution in [-0.2, 0) is 4.79 Å². The smallest absolute Gasteiger partial charge is 0.221 e. The summed E-state index contributed by atoms with van der Waals surface area (Å²) in [6, 6.07) is 16.9. The van der Waals surface area contributed by atoms with Gasteiger partial charge in [0.05, 0.1) is 5.69 Å². The number of hydrogen-bond acceptors (Lipinski definition) is 6. The lowest BCUT2D eigenvalue weighted by atomic mass is 9.95. The zero-order chi connectivity index (χ0) is 24.0. The number of pyridine rings is 2. The van der Waals surface area contributed by atoms with Gasteiger partial charge in [0, 0.05) is 56.6 Å². The van der Waals surface area contributed by atoms with E-state index in [1.165, 1.54) is 39.0 Å². The van der Waals surface area contributed by atoms with Gasteiger partial charge in [0.25, 0.3) is 0 Å². The van der Waals surface area contributed by atoms with Crippen molar-refractivity contribution in [2.75, 3.05) is 41.7 Å². The Bertz CT molecular complexity index is 1170. The SMILES string of the molecule is CC(=O)Nc1cccc(-c2cc(-c3ccnc(NC4CCCCC4)c3)nc(N3CCNCC3)c2)c1. The van der Waals surface area contributed by atoms with Crippen molar-refractivity contribution in [3.05, 3.63) is 54.7 Å². The maximum atomic E-state index is 11.6. The lowest BCUT2D eigenvalue weighted by Crippen LogP contribution is -2.43. The molecule has 7 heteroatoms. The minimum atomic E-state index is -0.0751. The number of carbonyl (C=O) groups is 1. The third-order valence-corrected chi connectivity index (χ3v) is 6.78. The van der Waals surface area contributed by atoms with Gasteiger partial charge in [-0.25, -0.2) is 9.97 Å². The molecule has 35 heavy (non-hydrogen) atoms. The molecule has 5 rings (SSSR count). The molecule has 3 N–H and O–H groups in total. The number of benzene rings is 1. The molecule has 0 radical (unpaired) electrons. The molecule has 182 valence electrons. The fraction of sp³-hybridized carbons (Fsp3) is 0.393. The number of nitrogens with one attached hydrogen (secondary N) is 3. The predicted octanol–water partition coefficient (Wildman–Crippen LogP) is 4.92. The summed E-state index contributed by atoms with van der Waals surface area (Å²) in [5.74, 6) is 1.81. The molecule has 1 saturated heterocycles. The van der Waals surface area contributed by atoms with Gasteiger partial charge in [-0.05, 0) is 60.4 Å². The molecule has 1 aliphatic carbocycles. The predicted molar refractivity (Wildman–Crippen MR) is 143 cm³/mol. The van der Waals surface area contributed by atoms with Crippen molar-refractivity contribution in [1.82, 2.24) is 15.3 Å². The summed E-state index contributed by atoms with van der Waals surface area (Å²) in [6.45, 7) is 5.27. The monoisotopic (exact) mass is 470 g/mol. The van der Waals surface area contributed by atoms with Gasteiger partial charge >= 0.3 is 0 Å². The van der Waals surface area contributed by atoms with Gasteiger partial charge in [-0.15, -0.1) is 0 Å². The Labute approximate surface area is 207 Å². The van der Waals surface area contributed by atoms with Crippen molar-refractivity contribution in [2.24, 2.45) is 0 Å². The Morgan fingerprint density at radius 3 is 2.60 bits per heavy atom. The van der Waals surface area contributed by atoms with E-state index >= 15 is 0 Å². The van der Waals surface area contributed by atoms with Gasteiger partial charge in [-0.1, -0.05) is 31.4 Å². The molecule has 0 unspecified atom stereocenters. The molecule has 3 heterocycles. The topological polar surface area (TPSA) is 82.2 Å². The van der Waals surface area contributed by atoms with Crippen LogP contribution in [0.3, 0.4) is 0 Å². The highest BCUT2D eigenvalue weighted by molar-refractivity contribution is 5.89. The first kappa shape index (κ1) is 23.3. The zero-order valence-corrected chi connectivity index (χ0v) is 20.4. The average molecular weight is 471 g/mol. The molecule has 0 spiro atoms. The molecule has 1 amide bonds. The van der Waals surface area contributed by atoms with Crippen molar-refractivity contribution in [1.29, 1.82) is 0 Å². The Morgan fingerprint density at radius 2 is 1.80 bits per heavy atom. The summed E-state index contributed by atoms with van der Waals surface area (Å²) < 4.78 is 0. The summed E-state index contributed by atoms with van der Waals surface area (Å²) in [6.07, 6.45) is 8.19. The van der Waals surface area contributed by atoms with Crippen LogP contribution in [0.15, 0.2) is 54.7 Å². The van der Waals surface area contributed by atoms with Crippen molar-refractivity contribution in [2.45, 2.75) is 45.1 Å². The van der Waals surface area contributed by atoms with E-state index in [1.54, 1.807) is 0 Å². The largest absolute Gasteiger partial charge is 0.367 e. The van der Waals surface area contributed by atoms with Crippen LogP contribution in [0.4, 0.5) is 17.3 Å². The quantitative estimate of drug-likeness (QED) is 0.474. The van der Waals surface area contributed by atoms with E-state index in [0.717, 1.165) is 65.9 Å². The van der Waals surface area contributed by atoms with Gasteiger partial charge in [0.1, 0.15) is 11.6 Å². The van der Waals surface area contributed by atoms with Crippen LogP contribution in [0.25, 0.3) is 22.4 Å². The van der Waals surface area contributed by atoms with Crippen molar-refractivity contribution >= 4 is 23.2 Å². The summed E-state index contributed by atoms with van der Waals surface area (Å²) in [7, 11) is 0.